The van der Waals surface area contributed by atoms with Crippen LogP contribution in [0.15, 0.2) is 39.8 Å². The van der Waals surface area contributed by atoms with Gasteiger partial charge in [-0.05, 0) is 18.6 Å². The zero-order valence-corrected chi connectivity index (χ0v) is 18.6. The maximum absolute atomic E-state index is 12.4. The first-order valence-corrected chi connectivity index (χ1v) is 11.9. The highest BCUT2D eigenvalue weighted by Gasteiger charge is 2.16. The van der Waals surface area contributed by atoms with Gasteiger partial charge in [-0.1, -0.05) is 66.4 Å². The largest absolute Gasteiger partial charge is 0.377 e. The molecule has 1 aromatic carbocycles. The highest BCUT2D eigenvalue weighted by molar-refractivity contribution is 8.01. The summed E-state index contributed by atoms with van der Waals surface area (Å²) in [6, 6.07) is 9.76. The maximum Gasteiger partial charge on any atom is 0.236 e. The molecule has 3 rings (SSSR count). The van der Waals surface area contributed by atoms with Crippen molar-refractivity contribution in [3.63, 3.8) is 0 Å². The number of aromatic nitrogens is 5. The van der Waals surface area contributed by atoms with Crippen molar-refractivity contribution in [1.82, 2.24) is 25.0 Å². The molecule has 3 aromatic rings. The number of nitrogens with zero attached hydrogens (tertiary/aromatic N) is 5. The molecule has 29 heavy (non-hydrogen) atoms. The minimum atomic E-state index is -0.160. The normalized spacial score (nSPS) is 11.0. The molecule has 0 aliphatic rings. The fourth-order valence-electron chi connectivity index (χ4n) is 2.36. The lowest BCUT2D eigenvalue weighted by molar-refractivity contribution is -0.113. The Kier molecular flexibility index (Phi) is 8.47. The van der Waals surface area contributed by atoms with E-state index in [0.29, 0.717) is 22.7 Å². The number of anilines is 1. The summed E-state index contributed by atoms with van der Waals surface area (Å²) in [4.78, 5) is 12.4. The van der Waals surface area contributed by atoms with Crippen molar-refractivity contribution in [2.45, 2.75) is 35.9 Å². The van der Waals surface area contributed by atoms with Crippen LogP contribution in [0.5, 0.6) is 0 Å². The lowest BCUT2D eigenvalue weighted by Crippen LogP contribution is -2.14. The number of amides is 1. The van der Waals surface area contributed by atoms with Crippen molar-refractivity contribution in [2.75, 3.05) is 23.9 Å². The van der Waals surface area contributed by atoms with Gasteiger partial charge >= 0.3 is 0 Å². The third-order valence-corrected chi connectivity index (χ3v) is 6.68. The van der Waals surface area contributed by atoms with Crippen molar-refractivity contribution < 1.29 is 9.53 Å². The second-order valence-corrected chi connectivity index (χ2v) is 9.18. The quantitative estimate of drug-likeness (QED) is 0.267. The van der Waals surface area contributed by atoms with E-state index in [1.807, 2.05) is 34.9 Å². The van der Waals surface area contributed by atoms with Crippen LogP contribution in [0.25, 0.3) is 5.69 Å². The van der Waals surface area contributed by atoms with Crippen molar-refractivity contribution in [1.29, 1.82) is 0 Å². The van der Waals surface area contributed by atoms with Crippen molar-refractivity contribution in [3.05, 3.63) is 36.2 Å². The molecule has 2 heterocycles. The number of para-hydroxylation sites is 1. The summed E-state index contributed by atoms with van der Waals surface area (Å²) >= 11 is 4.37. The van der Waals surface area contributed by atoms with E-state index >= 15 is 0 Å². The average molecular weight is 451 g/mol. The van der Waals surface area contributed by atoms with Crippen LogP contribution < -0.4 is 5.32 Å². The third kappa shape index (κ3) is 6.26. The van der Waals surface area contributed by atoms with Crippen LogP contribution in [0.1, 0.15) is 25.6 Å². The van der Waals surface area contributed by atoms with Gasteiger partial charge in [-0.2, -0.15) is 0 Å². The molecular formula is C18H22N6O2S3. The molecule has 0 spiro atoms. The summed E-state index contributed by atoms with van der Waals surface area (Å²) in [5, 5.41) is 20.5. The molecule has 0 saturated carbocycles. The van der Waals surface area contributed by atoms with E-state index in [9.17, 15) is 4.79 Å². The van der Waals surface area contributed by atoms with Gasteiger partial charge in [0.2, 0.25) is 11.0 Å². The lowest BCUT2D eigenvalue weighted by Gasteiger charge is -2.09. The van der Waals surface area contributed by atoms with Crippen molar-refractivity contribution in [3.8, 4) is 5.69 Å². The number of hydrogen-bond acceptors (Lipinski definition) is 9. The summed E-state index contributed by atoms with van der Waals surface area (Å²) in [6.07, 6.45) is 2.28. The third-order valence-electron chi connectivity index (χ3n) is 3.70. The Balaban J connectivity index is 1.60. The average Bonchev–Trinajstić information content (AvgIpc) is 3.34. The van der Waals surface area contributed by atoms with Crippen LogP contribution in [0, 0.1) is 0 Å². The van der Waals surface area contributed by atoms with E-state index in [1.165, 1.54) is 23.1 Å². The van der Waals surface area contributed by atoms with E-state index in [2.05, 4.69) is 32.6 Å². The van der Waals surface area contributed by atoms with Crippen LogP contribution in [0.3, 0.4) is 0 Å². The summed E-state index contributed by atoms with van der Waals surface area (Å²) in [5.74, 6) is 1.72. The highest BCUT2D eigenvalue weighted by Crippen LogP contribution is 2.27. The second-order valence-electron chi connectivity index (χ2n) is 5.91. The number of unbranched alkanes of at least 4 members (excludes halogenated alkanes) is 1. The number of hydrogen-bond donors (Lipinski definition) is 1. The SMILES string of the molecule is CCCCSc1nnc(NC(=O)CSc2nnc(COC)n2-c2ccccc2)s1. The highest BCUT2D eigenvalue weighted by atomic mass is 32.2. The molecule has 1 amide bonds. The zero-order chi connectivity index (χ0) is 20.5. The van der Waals surface area contributed by atoms with Crippen LogP contribution >= 0.6 is 34.9 Å². The number of rotatable bonds is 11. The fraction of sp³-hybridized carbons (Fsp3) is 0.389. The molecule has 1 N–H and O–H groups in total. The minimum Gasteiger partial charge on any atom is -0.377 e. The van der Waals surface area contributed by atoms with Gasteiger partial charge in [0.05, 0.1) is 5.75 Å². The first-order chi connectivity index (χ1) is 14.2. The Morgan fingerprint density at radius 3 is 2.76 bits per heavy atom. The molecule has 2 aromatic heterocycles. The first-order valence-electron chi connectivity index (χ1n) is 9.09. The van der Waals surface area contributed by atoms with Crippen molar-refractivity contribution >= 4 is 45.9 Å². The maximum atomic E-state index is 12.4. The predicted molar refractivity (Wildman–Crippen MR) is 117 cm³/mol. The molecule has 0 fully saturated rings. The van der Waals surface area contributed by atoms with Gasteiger partial charge in [-0.3, -0.25) is 14.7 Å². The number of nitrogens with one attached hydrogen (secondary N) is 1. The standard InChI is InChI=1S/C18H22N6O2S3/c1-3-4-10-27-18-23-21-16(29-18)19-15(25)12-28-17-22-20-14(11-26-2)24(17)13-8-6-5-7-9-13/h5-9H,3-4,10-12H2,1-2H3,(H,19,21,25). The van der Waals surface area contributed by atoms with E-state index in [0.717, 1.165) is 28.6 Å². The fourth-order valence-corrected chi connectivity index (χ4v) is 5.05. The van der Waals surface area contributed by atoms with Crippen LogP contribution in [0.2, 0.25) is 0 Å². The molecule has 8 nitrogen and oxygen atoms in total. The summed E-state index contributed by atoms with van der Waals surface area (Å²) < 4.78 is 7.99. The summed E-state index contributed by atoms with van der Waals surface area (Å²) in [7, 11) is 1.61. The van der Waals surface area contributed by atoms with Gasteiger partial charge in [0.15, 0.2) is 15.3 Å². The molecule has 11 heteroatoms. The predicted octanol–water partition coefficient (Wildman–Crippen LogP) is 3.89. The summed E-state index contributed by atoms with van der Waals surface area (Å²) in [6.45, 7) is 2.48. The van der Waals surface area contributed by atoms with E-state index in [-0.39, 0.29) is 11.7 Å². The van der Waals surface area contributed by atoms with Gasteiger partial charge in [0.1, 0.15) is 6.61 Å². The topological polar surface area (TPSA) is 94.8 Å². The Labute approximate surface area is 181 Å². The molecule has 0 radical (unpaired) electrons. The lowest BCUT2D eigenvalue weighted by atomic mass is 10.3. The molecular weight excluding hydrogens is 428 g/mol. The zero-order valence-electron chi connectivity index (χ0n) is 16.2. The minimum absolute atomic E-state index is 0.160. The first kappa shape index (κ1) is 21.8. The molecule has 0 aliphatic heterocycles. The Morgan fingerprint density at radius 2 is 2.00 bits per heavy atom. The van der Waals surface area contributed by atoms with E-state index < -0.39 is 0 Å². The number of methoxy groups -OCH3 is 1. The van der Waals surface area contributed by atoms with Gasteiger partial charge in [0, 0.05) is 18.6 Å². The Morgan fingerprint density at radius 1 is 1.17 bits per heavy atom. The number of carbonyl (C=O) groups is 1. The van der Waals surface area contributed by atoms with Gasteiger partial charge in [0.25, 0.3) is 0 Å². The van der Waals surface area contributed by atoms with Crippen LogP contribution in [-0.4, -0.2) is 49.5 Å². The molecule has 0 aliphatic carbocycles. The molecule has 154 valence electrons. The monoisotopic (exact) mass is 450 g/mol. The van der Waals surface area contributed by atoms with E-state index in [4.69, 9.17) is 4.74 Å². The second kappa shape index (κ2) is 11.3. The smallest absolute Gasteiger partial charge is 0.236 e. The van der Waals surface area contributed by atoms with Gasteiger partial charge in [-0.25, -0.2) is 0 Å². The van der Waals surface area contributed by atoms with E-state index in [1.54, 1.807) is 18.9 Å². The van der Waals surface area contributed by atoms with Gasteiger partial charge < -0.3 is 4.74 Å². The number of ether oxygens (including phenoxy) is 1. The molecule has 0 atom stereocenters. The number of benzene rings is 1. The Bertz CT molecular complexity index is 915. The van der Waals surface area contributed by atoms with Crippen molar-refractivity contribution in [2.24, 2.45) is 0 Å². The van der Waals surface area contributed by atoms with Crippen LogP contribution in [0.4, 0.5) is 5.13 Å². The summed E-state index contributed by atoms with van der Waals surface area (Å²) in [5.41, 5.74) is 0.922. The molecule has 0 bridgehead atoms. The van der Waals surface area contributed by atoms with Crippen LogP contribution in [-0.2, 0) is 16.1 Å². The number of thioether (sulfide) groups is 2. The van der Waals surface area contributed by atoms with Gasteiger partial charge in [-0.15, -0.1) is 20.4 Å². The number of carbonyl (C=O) groups excluding carboxylic acids is 1. The Hall–Kier alpha value is -1.95. The molecule has 0 saturated heterocycles. The molecule has 0 unspecified atom stereocenters.